The van der Waals surface area contributed by atoms with Crippen LogP contribution in [0.3, 0.4) is 0 Å². The lowest BCUT2D eigenvalue weighted by molar-refractivity contribution is 0.0953. The van der Waals surface area contributed by atoms with E-state index in [1.165, 1.54) is 4.31 Å². The molecule has 124 valence electrons. The normalized spacial score (nSPS) is 16.1. The zero-order chi connectivity index (χ0) is 15.3. The van der Waals surface area contributed by atoms with Gasteiger partial charge in [0.1, 0.15) is 0 Å². The van der Waals surface area contributed by atoms with Crippen molar-refractivity contribution in [3.63, 3.8) is 0 Å². The van der Waals surface area contributed by atoms with Crippen molar-refractivity contribution in [1.82, 2.24) is 10.6 Å². The molecule has 0 atom stereocenters. The number of nitrogens with zero attached hydrogens (tertiary/aromatic N) is 1. The second kappa shape index (κ2) is 8.36. The number of halogens is 1. The molecule has 8 heteroatoms. The standard InChI is InChI=1S/C14H21N3O3S.ClH/c1-15-7-3-8-16-14(18)12-5-2-6-13(11-12)17-9-4-10-21(17,19)20;/h2,5-6,11,15H,3-4,7-10H2,1H3,(H,16,18);1H. The maximum atomic E-state index is 12.0. The van der Waals surface area contributed by atoms with E-state index in [-0.39, 0.29) is 24.1 Å². The van der Waals surface area contributed by atoms with E-state index in [1.54, 1.807) is 24.3 Å². The summed E-state index contributed by atoms with van der Waals surface area (Å²) in [6.45, 7) is 1.91. The molecule has 1 amide bonds. The van der Waals surface area contributed by atoms with E-state index in [1.807, 2.05) is 7.05 Å². The highest BCUT2D eigenvalue weighted by atomic mass is 35.5. The molecular formula is C14H22ClN3O3S. The van der Waals surface area contributed by atoms with E-state index < -0.39 is 10.0 Å². The van der Waals surface area contributed by atoms with Crippen LogP contribution in [0.2, 0.25) is 0 Å². The number of rotatable bonds is 6. The number of anilines is 1. The van der Waals surface area contributed by atoms with Crippen LogP contribution in [0.5, 0.6) is 0 Å². The Kier molecular flexibility index (Phi) is 7.12. The molecule has 1 fully saturated rings. The number of benzene rings is 1. The van der Waals surface area contributed by atoms with Crippen molar-refractivity contribution in [2.24, 2.45) is 0 Å². The minimum Gasteiger partial charge on any atom is -0.352 e. The lowest BCUT2D eigenvalue weighted by Crippen LogP contribution is -2.28. The molecule has 0 aromatic heterocycles. The molecule has 1 aromatic rings. The molecule has 0 spiro atoms. The predicted molar refractivity (Wildman–Crippen MR) is 90.3 cm³/mol. The average molecular weight is 348 g/mol. The Morgan fingerprint density at radius 3 is 2.73 bits per heavy atom. The van der Waals surface area contributed by atoms with Gasteiger partial charge in [0, 0.05) is 18.7 Å². The topological polar surface area (TPSA) is 78.5 Å². The van der Waals surface area contributed by atoms with E-state index in [0.717, 1.165) is 13.0 Å². The van der Waals surface area contributed by atoms with Crippen molar-refractivity contribution in [1.29, 1.82) is 0 Å². The molecule has 0 bridgehead atoms. The van der Waals surface area contributed by atoms with Crippen LogP contribution < -0.4 is 14.9 Å². The third-order valence-electron chi connectivity index (χ3n) is 3.38. The fourth-order valence-electron chi connectivity index (χ4n) is 2.30. The van der Waals surface area contributed by atoms with Crippen LogP contribution in [0.4, 0.5) is 5.69 Å². The minimum atomic E-state index is -3.21. The van der Waals surface area contributed by atoms with Crippen molar-refractivity contribution in [2.45, 2.75) is 12.8 Å². The molecule has 0 unspecified atom stereocenters. The molecule has 0 aliphatic carbocycles. The van der Waals surface area contributed by atoms with Crippen LogP contribution in [0.15, 0.2) is 24.3 Å². The number of carbonyl (C=O) groups is 1. The van der Waals surface area contributed by atoms with Gasteiger partial charge in [0.05, 0.1) is 11.4 Å². The molecule has 6 nitrogen and oxygen atoms in total. The zero-order valence-electron chi connectivity index (χ0n) is 12.5. The molecule has 22 heavy (non-hydrogen) atoms. The number of sulfonamides is 1. The fourth-order valence-corrected chi connectivity index (χ4v) is 3.86. The Labute approximate surface area is 137 Å². The number of hydrogen-bond donors (Lipinski definition) is 2. The summed E-state index contributed by atoms with van der Waals surface area (Å²) in [5.41, 5.74) is 1.05. The Bertz CT molecular complexity index is 607. The van der Waals surface area contributed by atoms with Gasteiger partial charge >= 0.3 is 0 Å². The Hall–Kier alpha value is -1.31. The Balaban J connectivity index is 0.00000242. The molecule has 1 aliphatic heterocycles. The molecule has 1 heterocycles. The zero-order valence-corrected chi connectivity index (χ0v) is 14.2. The highest BCUT2D eigenvalue weighted by Gasteiger charge is 2.28. The highest BCUT2D eigenvalue weighted by Crippen LogP contribution is 2.24. The quantitative estimate of drug-likeness (QED) is 0.752. The first kappa shape index (κ1) is 18.7. The largest absolute Gasteiger partial charge is 0.352 e. The predicted octanol–water partition coefficient (Wildman–Crippen LogP) is 0.988. The number of carbonyl (C=O) groups excluding carboxylic acids is 1. The van der Waals surface area contributed by atoms with Gasteiger partial charge in [0.25, 0.3) is 5.91 Å². The van der Waals surface area contributed by atoms with Crippen LogP contribution in [-0.4, -0.2) is 46.8 Å². The van der Waals surface area contributed by atoms with Crippen molar-refractivity contribution < 1.29 is 13.2 Å². The van der Waals surface area contributed by atoms with Gasteiger partial charge in [0.2, 0.25) is 10.0 Å². The van der Waals surface area contributed by atoms with Gasteiger partial charge in [-0.25, -0.2) is 8.42 Å². The van der Waals surface area contributed by atoms with E-state index >= 15 is 0 Å². The first-order valence-corrected chi connectivity index (χ1v) is 8.69. The number of nitrogens with one attached hydrogen (secondary N) is 2. The molecule has 0 saturated carbocycles. The first-order valence-electron chi connectivity index (χ1n) is 7.08. The Morgan fingerprint density at radius 1 is 1.32 bits per heavy atom. The second-order valence-corrected chi connectivity index (χ2v) is 7.02. The second-order valence-electron chi connectivity index (χ2n) is 5.01. The third-order valence-corrected chi connectivity index (χ3v) is 5.25. The smallest absolute Gasteiger partial charge is 0.251 e. The number of hydrogen-bond acceptors (Lipinski definition) is 4. The maximum absolute atomic E-state index is 12.0. The van der Waals surface area contributed by atoms with Crippen LogP contribution in [0.25, 0.3) is 0 Å². The molecule has 2 N–H and O–H groups in total. The summed E-state index contributed by atoms with van der Waals surface area (Å²) in [6.07, 6.45) is 1.48. The maximum Gasteiger partial charge on any atom is 0.251 e. The van der Waals surface area contributed by atoms with Crippen molar-refractivity contribution in [2.75, 3.05) is 36.7 Å². The van der Waals surface area contributed by atoms with Crippen molar-refractivity contribution >= 4 is 34.0 Å². The highest BCUT2D eigenvalue weighted by molar-refractivity contribution is 7.93. The van der Waals surface area contributed by atoms with Gasteiger partial charge in [-0.2, -0.15) is 0 Å². The van der Waals surface area contributed by atoms with Crippen molar-refractivity contribution in [3.8, 4) is 0 Å². The third kappa shape index (κ3) is 4.59. The monoisotopic (exact) mass is 347 g/mol. The first-order chi connectivity index (χ1) is 10.0. The van der Waals surface area contributed by atoms with Crippen LogP contribution in [0, 0.1) is 0 Å². The van der Waals surface area contributed by atoms with Gasteiger partial charge in [-0.05, 0) is 44.6 Å². The van der Waals surface area contributed by atoms with Crippen LogP contribution in [0.1, 0.15) is 23.2 Å². The van der Waals surface area contributed by atoms with Gasteiger partial charge < -0.3 is 10.6 Å². The average Bonchev–Trinajstić information content (AvgIpc) is 2.83. The van der Waals surface area contributed by atoms with E-state index in [0.29, 0.717) is 30.8 Å². The summed E-state index contributed by atoms with van der Waals surface area (Å²) >= 11 is 0. The molecule has 2 rings (SSSR count). The summed E-state index contributed by atoms with van der Waals surface area (Å²) in [7, 11) is -1.35. The van der Waals surface area contributed by atoms with E-state index in [2.05, 4.69) is 10.6 Å². The summed E-state index contributed by atoms with van der Waals surface area (Å²) in [5, 5.41) is 5.84. The molecule has 0 radical (unpaired) electrons. The van der Waals surface area contributed by atoms with Gasteiger partial charge in [-0.1, -0.05) is 6.07 Å². The Morgan fingerprint density at radius 2 is 2.09 bits per heavy atom. The molecule has 1 saturated heterocycles. The molecule has 1 aromatic carbocycles. The molecular weight excluding hydrogens is 326 g/mol. The van der Waals surface area contributed by atoms with Crippen molar-refractivity contribution in [3.05, 3.63) is 29.8 Å². The fraction of sp³-hybridized carbons (Fsp3) is 0.500. The molecule has 1 aliphatic rings. The minimum absolute atomic E-state index is 0. The SMILES string of the molecule is CNCCCNC(=O)c1cccc(N2CCCS2(=O)=O)c1.Cl. The van der Waals surface area contributed by atoms with Gasteiger partial charge in [-0.3, -0.25) is 9.10 Å². The van der Waals surface area contributed by atoms with Crippen LogP contribution >= 0.6 is 12.4 Å². The summed E-state index contributed by atoms with van der Waals surface area (Å²) in [5.74, 6) is -0.00230. The van der Waals surface area contributed by atoms with E-state index in [9.17, 15) is 13.2 Å². The van der Waals surface area contributed by atoms with Crippen LogP contribution in [-0.2, 0) is 10.0 Å². The lowest BCUT2D eigenvalue weighted by Gasteiger charge is -2.17. The van der Waals surface area contributed by atoms with Gasteiger partial charge in [-0.15, -0.1) is 12.4 Å². The van der Waals surface area contributed by atoms with E-state index in [4.69, 9.17) is 0 Å². The lowest BCUT2D eigenvalue weighted by atomic mass is 10.2. The summed E-state index contributed by atoms with van der Waals surface area (Å²) in [6, 6.07) is 6.77. The number of amides is 1. The summed E-state index contributed by atoms with van der Waals surface area (Å²) in [4.78, 5) is 12.0. The van der Waals surface area contributed by atoms with Gasteiger partial charge in [0.15, 0.2) is 0 Å². The summed E-state index contributed by atoms with van der Waals surface area (Å²) < 4.78 is 25.2.